The molecule has 0 radical (unpaired) electrons. The average Bonchev–Trinajstić information content (AvgIpc) is 2.97. The van der Waals surface area contributed by atoms with Crippen LogP contribution in [-0.4, -0.2) is 9.78 Å². The molecule has 0 unspecified atom stereocenters. The maximum absolute atomic E-state index is 13.4. The van der Waals surface area contributed by atoms with E-state index in [2.05, 4.69) is 11.2 Å². The number of rotatable bonds is 2. The summed E-state index contributed by atoms with van der Waals surface area (Å²) in [4.78, 5) is 0. The van der Waals surface area contributed by atoms with E-state index < -0.39 is 5.92 Å². The minimum Gasteiger partial charge on any atom is -0.422 e. The Morgan fingerprint density at radius 3 is 2.67 bits per heavy atom. The summed E-state index contributed by atoms with van der Waals surface area (Å²) in [7, 11) is 0. The maximum Gasteiger partial charge on any atom is 0.229 e. The standard InChI is InChI=1S/C20H14ClFN4O/c1-11-17-18(12-5-7-14(22)8-6-12)16(10-23)19(24)27-20(17)26(25-11)15-4-2-3-13(21)9-15/h2-9,18H,24H2,1H3/t18-/m0/s1. The quantitative estimate of drug-likeness (QED) is 0.723. The van der Waals surface area contributed by atoms with Crippen LogP contribution in [0.25, 0.3) is 5.69 Å². The van der Waals surface area contributed by atoms with Crippen LogP contribution >= 0.6 is 11.6 Å². The van der Waals surface area contributed by atoms with Crippen LogP contribution in [0.15, 0.2) is 60.0 Å². The molecule has 2 heterocycles. The highest BCUT2D eigenvalue weighted by molar-refractivity contribution is 6.30. The van der Waals surface area contributed by atoms with Crippen LogP contribution in [0.1, 0.15) is 22.7 Å². The predicted molar refractivity (Wildman–Crippen MR) is 99.0 cm³/mol. The number of allylic oxidation sites excluding steroid dienone is 1. The summed E-state index contributed by atoms with van der Waals surface area (Å²) in [6, 6.07) is 15.3. The zero-order valence-electron chi connectivity index (χ0n) is 14.3. The van der Waals surface area contributed by atoms with E-state index in [9.17, 15) is 9.65 Å². The van der Waals surface area contributed by atoms with E-state index in [1.165, 1.54) is 12.1 Å². The van der Waals surface area contributed by atoms with Crippen molar-refractivity contribution in [3.63, 3.8) is 0 Å². The van der Waals surface area contributed by atoms with Crippen molar-refractivity contribution in [1.29, 1.82) is 5.26 Å². The largest absolute Gasteiger partial charge is 0.422 e. The van der Waals surface area contributed by atoms with Gasteiger partial charge in [0, 0.05) is 5.02 Å². The Labute approximate surface area is 160 Å². The normalized spacial score (nSPS) is 15.9. The molecule has 0 spiro atoms. The molecule has 3 aromatic rings. The Morgan fingerprint density at radius 2 is 2.00 bits per heavy atom. The minimum atomic E-state index is -0.493. The number of aryl methyl sites for hydroxylation is 1. The molecular weight excluding hydrogens is 367 g/mol. The summed E-state index contributed by atoms with van der Waals surface area (Å²) in [5.74, 6) is -0.428. The summed E-state index contributed by atoms with van der Waals surface area (Å²) in [6.45, 7) is 1.83. The first-order valence-corrected chi connectivity index (χ1v) is 8.56. The van der Waals surface area contributed by atoms with E-state index >= 15 is 0 Å². The number of nitrogens with two attached hydrogens (primary N) is 1. The van der Waals surface area contributed by atoms with Crippen LogP contribution in [-0.2, 0) is 0 Å². The molecule has 0 aliphatic carbocycles. The van der Waals surface area contributed by atoms with Gasteiger partial charge in [0.1, 0.15) is 17.5 Å². The fourth-order valence-electron chi connectivity index (χ4n) is 3.29. The molecule has 0 saturated heterocycles. The van der Waals surface area contributed by atoms with E-state index in [0.717, 1.165) is 5.56 Å². The molecule has 2 aromatic carbocycles. The van der Waals surface area contributed by atoms with Gasteiger partial charge in [-0.1, -0.05) is 29.8 Å². The monoisotopic (exact) mass is 380 g/mol. The smallest absolute Gasteiger partial charge is 0.229 e. The number of hydrogen-bond donors (Lipinski definition) is 1. The molecule has 27 heavy (non-hydrogen) atoms. The second-order valence-corrected chi connectivity index (χ2v) is 6.61. The van der Waals surface area contributed by atoms with Crippen LogP contribution < -0.4 is 10.5 Å². The van der Waals surface area contributed by atoms with E-state index in [-0.39, 0.29) is 17.3 Å². The topological polar surface area (TPSA) is 76.9 Å². The Hall–Kier alpha value is -3.30. The van der Waals surface area contributed by atoms with Crippen LogP contribution in [0.5, 0.6) is 5.88 Å². The molecule has 0 bridgehead atoms. The van der Waals surface area contributed by atoms with Gasteiger partial charge in [-0.25, -0.2) is 9.07 Å². The summed E-state index contributed by atoms with van der Waals surface area (Å²) in [5, 5.41) is 14.8. The summed E-state index contributed by atoms with van der Waals surface area (Å²) >= 11 is 6.10. The first-order chi connectivity index (χ1) is 13.0. The summed E-state index contributed by atoms with van der Waals surface area (Å²) in [6.07, 6.45) is 0. The fourth-order valence-corrected chi connectivity index (χ4v) is 3.47. The SMILES string of the molecule is Cc1nn(-c2cccc(Cl)c2)c2c1[C@@H](c1ccc(F)cc1)C(C#N)=C(N)O2. The predicted octanol–water partition coefficient (Wildman–Crippen LogP) is 4.19. The van der Waals surface area contributed by atoms with Crippen LogP contribution in [0, 0.1) is 24.1 Å². The lowest BCUT2D eigenvalue weighted by Crippen LogP contribution is -2.22. The number of benzene rings is 2. The van der Waals surface area contributed by atoms with Gasteiger partial charge in [0.2, 0.25) is 11.8 Å². The van der Waals surface area contributed by atoms with Gasteiger partial charge in [-0.15, -0.1) is 0 Å². The van der Waals surface area contributed by atoms with Gasteiger partial charge in [-0.3, -0.25) is 0 Å². The van der Waals surface area contributed by atoms with Crippen molar-refractivity contribution in [3.8, 4) is 17.6 Å². The minimum absolute atomic E-state index is 0.00232. The third kappa shape index (κ3) is 2.82. The van der Waals surface area contributed by atoms with E-state index in [1.807, 2.05) is 13.0 Å². The molecule has 0 saturated carbocycles. The van der Waals surface area contributed by atoms with Crippen molar-refractivity contribution in [2.75, 3.05) is 0 Å². The number of nitriles is 1. The third-order valence-corrected chi connectivity index (χ3v) is 4.72. The Balaban J connectivity index is 1.95. The van der Waals surface area contributed by atoms with Crippen molar-refractivity contribution in [3.05, 3.63) is 87.6 Å². The molecule has 5 nitrogen and oxygen atoms in total. The lowest BCUT2D eigenvalue weighted by Gasteiger charge is -2.24. The van der Waals surface area contributed by atoms with Gasteiger partial charge in [0.05, 0.1) is 22.9 Å². The zero-order valence-corrected chi connectivity index (χ0v) is 15.0. The Bertz CT molecular complexity index is 1110. The van der Waals surface area contributed by atoms with E-state index in [4.69, 9.17) is 22.1 Å². The molecule has 0 fully saturated rings. The summed E-state index contributed by atoms with van der Waals surface area (Å²) in [5.41, 5.74) is 9.14. The highest BCUT2D eigenvalue weighted by Crippen LogP contribution is 2.44. The van der Waals surface area contributed by atoms with Crippen molar-refractivity contribution < 1.29 is 9.13 Å². The van der Waals surface area contributed by atoms with Gasteiger partial charge in [-0.2, -0.15) is 10.4 Å². The molecule has 1 aliphatic heterocycles. The van der Waals surface area contributed by atoms with E-state index in [1.54, 1.807) is 35.0 Å². The average molecular weight is 381 g/mol. The van der Waals surface area contributed by atoms with Gasteiger partial charge >= 0.3 is 0 Å². The number of fused-ring (bicyclic) bond motifs is 1. The van der Waals surface area contributed by atoms with Crippen LogP contribution in [0.2, 0.25) is 5.02 Å². The zero-order chi connectivity index (χ0) is 19.1. The number of ether oxygens (including phenoxy) is 1. The van der Waals surface area contributed by atoms with Crippen molar-refractivity contribution >= 4 is 11.6 Å². The highest BCUT2D eigenvalue weighted by Gasteiger charge is 2.36. The molecular formula is C20H14ClFN4O. The van der Waals surface area contributed by atoms with Crippen molar-refractivity contribution in [2.45, 2.75) is 12.8 Å². The van der Waals surface area contributed by atoms with Crippen LogP contribution in [0.4, 0.5) is 4.39 Å². The second kappa shape index (κ2) is 6.45. The lowest BCUT2D eigenvalue weighted by atomic mass is 9.84. The Morgan fingerprint density at radius 1 is 1.26 bits per heavy atom. The number of hydrogen-bond acceptors (Lipinski definition) is 4. The van der Waals surface area contributed by atoms with Crippen molar-refractivity contribution in [1.82, 2.24) is 9.78 Å². The first-order valence-electron chi connectivity index (χ1n) is 8.18. The summed E-state index contributed by atoms with van der Waals surface area (Å²) < 4.78 is 20.8. The molecule has 2 N–H and O–H groups in total. The highest BCUT2D eigenvalue weighted by atomic mass is 35.5. The molecule has 1 aliphatic rings. The lowest BCUT2D eigenvalue weighted by molar-refractivity contribution is 0.367. The maximum atomic E-state index is 13.4. The molecule has 1 atom stereocenters. The Kier molecular flexibility index (Phi) is 4.09. The van der Waals surface area contributed by atoms with E-state index in [0.29, 0.717) is 27.8 Å². The molecule has 4 rings (SSSR count). The van der Waals surface area contributed by atoms with Crippen molar-refractivity contribution in [2.24, 2.45) is 5.73 Å². The molecule has 134 valence electrons. The molecule has 1 aromatic heterocycles. The van der Waals surface area contributed by atoms with Gasteiger partial charge in [-0.05, 0) is 42.8 Å². The number of halogens is 2. The van der Waals surface area contributed by atoms with Gasteiger partial charge in [0.15, 0.2) is 0 Å². The molecule has 7 heteroatoms. The first kappa shape index (κ1) is 17.1. The molecule has 0 amide bonds. The van der Waals surface area contributed by atoms with Gasteiger partial charge < -0.3 is 10.5 Å². The fraction of sp³-hybridized carbons (Fsp3) is 0.100. The number of nitrogens with zero attached hydrogens (tertiary/aromatic N) is 3. The third-order valence-electron chi connectivity index (χ3n) is 4.49. The van der Waals surface area contributed by atoms with Crippen LogP contribution in [0.3, 0.4) is 0 Å². The van der Waals surface area contributed by atoms with Gasteiger partial charge in [0.25, 0.3) is 0 Å². The number of aromatic nitrogens is 2. The second-order valence-electron chi connectivity index (χ2n) is 6.17.